The third kappa shape index (κ3) is 5.45. The quantitative estimate of drug-likeness (QED) is 0.709. The monoisotopic (exact) mass is 240 g/mol. The molecule has 0 radical (unpaired) electrons. The van der Waals surface area contributed by atoms with Crippen molar-refractivity contribution in [3.63, 3.8) is 0 Å². The first-order valence-electron chi connectivity index (χ1n) is 5.85. The standard InChI is InChI=1S/C13H20O4/c1-3-5-16-12-8-11(14)9-13(10-12)17-7-4-6-15-2/h8-10,14H,3-7H2,1-2H3. The van der Waals surface area contributed by atoms with Gasteiger partial charge in [0.1, 0.15) is 17.2 Å². The number of hydrogen-bond donors (Lipinski definition) is 1. The Kier molecular flexibility index (Phi) is 6.25. The van der Waals surface area contributed by atoms with Gasteiger partial charge in [-0.05, 0) is 6.42 Å². The van der Waals surface area contributed by atoms with Gasteiger partial charge >= 0.3 is 0 Å². The van der Waals surface area contributed by atoms with E-state index in [0.717, 1.165) is 12.8 Å². The first-order chi connectivity index (χ1) is 8.26. The molecule has 0 aliphatic rings. The summed E-state index contributed by atoms with van der Waals surface area (Å²) in [5.74, 6) is 1.40. The first kappa shape index (κ1) is 13.6. The van der Waals surface area contributed by atoms with Crippen molar-refractivity contribution in [1.82, 2.24) is 0 Å². The topological polar surface area (TPSA) is 47.9 Å². The molecule has 17 heavy (non-hydrogen) atoms. The molecule has 0 amide bonds. The van der Waals surface area contributed by atoms with Crippen LogP contribution < -0.4 is 9.47 Å². The number of phenols is 1. The smallest absolute Gasteiger partial charge is 0.126 e. The molecule has 0 heterocycles. The van der Waals surface area contributed by atoms with Gasteiger partial charge in [0.2, 0.25) is 0 Å². The maximum Gasteiger partial charge on any atom is 0.126 e. The van der Waals surface area contributed by atoms with E-state index in [1.54, 1.807) is 25.3 Å². The van der Waals surface area contributed by atoms with E-state index in [1.165, 1.54) is 0 Å². The van der Waals surface area contributed by atoms with Crippen LogP contribution in [0.1, 0.15) is 19.8 Å². The minimum atomic E-state index is 0.153. The van der Waals surface area contributed by atoms with E-state index >= 15 is 0 Å². The molecule has 0 aromatic heterocycles. The van der Waals surface area contributed by atoms with Crippen molar-refractivity contribution in [3.05, 3.63) is 18.2 Å². The molecule has 0 saturated carbocycles. The Morgan fingerprint density at radius 3 is 2.24 bits per heavy atom. The molecule has 0 aliphatic carbocycles. The van der Waals surface area contributed by atoms with E-state index in [0.29, 0.717) is 31.3 Å². The van der Waals surface area contributed by atoms with Gasteiger partial charge in [-0.25, -0.2) is 0 Å². The number of ether oxygens (including phenoxy) is 3. The lowest BCUT2D eigenvalue weighted by Gasteiger charge is -2.09. The highest BCUT2D eigenvalue weighted by atomic mass is 16.5. The Morgan fingerprint density at radius 2 is 1.65 bits per heavy atom. The fourth-order valence-electron chi connectivity index (χ4n) is 1.34. The summed E-state index contributed by atoms with van der Waals surface area (Å²) < 4.78 is 15.9. The number of hydrogen-bond acceptors (Lipinski definition) is 4. The zero-order valence-corrected chi connectivity index (χ0v) is 10.4. The van der Waals surface area contributed by atoms with Crippen LogP contribution in [-0.4, -0.2) is 32.0 Å². The van der Waals surface area contributed by atoms with Crippen molar-refractivity contribution in [2.45, 2.75) is 19.8 Å². The van der Waals surface area contributed by atoms with Crippen molar-refractivity contribution in [3.8, 4) is 17.2 Å². The summed E-state index contributed by atoms with van der Waals surface area (Å²) >= 11 is 0. The van der Waals surface area contributed by atoms with E-state index in [-0.39, 0.29) is 5.75 Å². The molecule has 0 bridgehead atoms. The van der Waals surface area contributed by atoms with E-state index in [4.69, 9.17) is 14.2 Å². The van der Waals surface area contributed by atoms with Crippen molar-refractivity contribution >= 4 is 0 Å². The molecule has 96 valence electrons. The molecule has 0 aliphatic heterocycles. The van der Waals surface area contributed by atoms with Gasteiger partial charge in [0.05, 0.1) is 13.2 Å². The van der Waals surface area contributed by atoms with Crippen LogP contribution >= 0.6 is 0 Å². The van der Waals surface area contributed by atoms with Crippen LogP contribution in [0.3, 0.4) is 0 Å². The van der Waals surface area contributed by atoms with Crippen molar-refractivity contribution < 1.29 is 19.3 Å². The first-order valence-corrected chi connectivity index (χ1v) is 5.85. The van der Waals surface area contributed by atoms with Gasteiger partial charge in [-0.15, -0.1) is 0 Å². The Labute approximate surface area is 102 Å². The second-order valence-corrected chi connectivity index (χ2v) is 3.71. The van der Waals surface area contributed by atoms with E-state index in [1.807, 2.05) is 6.92 Å². The average molecular weight is 240 g/mol. The molecule has 0 atom stereocenters. The van der Waals surface area contributed by atoms with Gasteiger partial charge in [0.15, 0.2) is 0 Å². The summed E-state index contributed by atoms with van der Waals surface area (Å²) in [5.41, 5.74) is 0. The second kappa shape index (κ2) is 7.79. The summed E-state index contributed by atoms with van der Waals surface area (Å²) in [6.45, 7) is 3.89. The molecule has 1 rings (SSSR count). The number of benzene rings is 1. The average Bonchev–Trinajstić information content (AvgIpc) is 2.31. The molecular weight excluding hydrogens is 220 g/mol. The lowest BCUT2D eigenvalue weighted by molar-refractivity contribution is 0.172. The Balaban J connectivity index is 2.50. The SMILES string of the molecule is CCCOc1cc(O)cc(OCCCOC)c1. The van der Waals surface area contributed by atoms with Crippen LogP contribution in [0.2, 0.25) is 0 Å². The van der Waals surface area contributed by atoms with Gasteiger partial charge in [0, 0.05) is 38.3 Å². The molecule has 1 aromatic carbocycles. The molecule has 1 aromatic rings. The maximum atomic E-state index is 9.51. The zero-order valence-electron chi connectivity index (χ0n) is 10.4. The van der Waals surface area contributed by atoms with Crippen molar-refractivity contribution in [2.75, 3.05) is 26.9 Å². The third-order valence-electron chi connectivity index (χ3n) is 2.10. The summed E-state index contributed by atoms with van der Waals surface area (Å²) in [6.07, 6.45) is 1.75. The highest BCUT2D eigenvalue weighted by molar-refractivity contribution is 5.41. The van der Waals surface area contributed by atoms with Gasteiger partial charge < -0.3 is 19.3 Å². The highest BCUT2D eigenvalue weighted by Crippen LogP contribution is 2.27. The number of aromatic hydroxyl groups is 1. The van der Waals surface area contributed by atoms with E-state index < -0.39 is 0 Å². The predicted molar refractivity (Wildman–Crippen MR) is 65.9 cm³/mol. The molecule has 1 N–H and O–H groups in total. The molecule has 0 saturated heterocycles. The minimum absolute atomic E-state index is 0.153. The lowest BCUT2D eigenvalue weighted by atomic mass is 10.3. The molecule has 0 unspecified atom stereocenters. The summed E-state index contributed by atoms with van der Waals surface area (Å²) in [6, 6.07) is 4.94. The minimum Gasteiger partial charge on any atom is -0.508 e. The van der Waals surface area contributed by atoms with Gasteiger partial charge in [-0.2, -0.15) is 0 Å². The summed E-state index contributed by atoms with van der Waals surface area (Å²) in [4.78, 5) is 0. The Bertz CT molecular complexity index is 325. The Hall–Kier alpha value is -1.42. The molecule has 0 fully saturated rings. The third-order valence-corrected chi connectivity index (χ3v) is 2.10. The van der Waals surface area contributed by atoms with E-state index in [9.17, 15) is 5.11 Å². The Morgan fingerprint density at radius 1 is 1.00 bits per heavy atom. The molecule has 4 nitrogen and oxygen atoms in total. The predicted octanol–water partition coefficient (Wildman–Crippen LogP) is 2.60. The van der Waals surface area contributed by atoms with Crippen LogP contribution in [0.25, 0.3) is 0 Å². The normalized spacial score (nSPS) is 10.2. The largest absolute Gasteiger partial charge is 0.508 e. The second-order valence-electron chi connectivity index (χ2n) is 3.71. The summed E-state index contributed by atoms with van der Waals surface area (Å²) in [5, 5.41) is 9.51. The fourth-order valence-corrected chi connectivity index (χ4v) is 1.34. The van der Waals surface area contributed by atoms with E-state index in [2.05, 4.69) is 0 Å². The van der Waals surface area contributed by atoms with Crippen LogP contribution in [0.5, 0.6) is 17.2 Å². The van der Waals surface area contributed by atoms with Crippen LogP contribution in [0.4, 0.5) is 0 Å². The molecular formula is C13H20O4. The van der Waals surface area contributed by atoms with Gasteiger partial charge in [-0.1, -0.05) is 6.92 Å². The van der Waals surface area contributed by atoms with Crippen LogP contribution in [-0.2, 0) is 4.74 Å². The highest BCUT2D eigenvalue weighted by Gasteiger charge is 2.02. The van der Waals surface area contributed by atoms with Crippen molar-refractivity contribution in [2.24, 2.45) is 0 Å². The zero-order chi connectivity index (χ0) is 12.5. The fraction of sp³-hybridized carbons (Fsp3) is 0.538. The van der Waals surface area contributed by atoms with Crippen LogP contribution in [0, 0.1) is 0 Å². The number of phenolic OH excluding ortho intramolecular Hbond substituents is 1. The lowest BCUT2D eigenvalue weighted by Crippen LogP contribution is -2.02. The van der Waals surface area contributed by atoms with Crippen molar-refractivity contribution in [1.29, 1.82) is 0 Å². The summed E-state index contributed by atoms with van der Waals surface area (Å²) in [7, 11) is 1.66. The van der Waals surface area contributed by atoms with Crippen LogP contribution in [0.15, 0.2) is 18.2 Å². The number of methoxy groups -OCH3 is 1. The number of rotatable bonds is 8. The van der Waals surface area contributed by atoms with Gasteiger partial charge in [0.25, 0.3) is 0 Å². The maximum absolute atomic E-state index is 9.51. The van der Waals surface area contributed by atoms with Gasteiger partial charge in [-0.3, -0.25) is 0 Å². The molecule has 4 heteroatoms. The molecule has 0 spiro atoms.